The summed E-state index contributed by atoms with van der Waals surface area (Å²) in [6.07, 6.45) is -5.26. The third-order valence-electron chi connectivity index (χ3n) is 4.17. The van der Waals surface area contributed by atoms with E-state index >= 15 is 0 Å². The number of likely N-dealkylation sites (tertiary alicyclic amines) is 1. The molecule has 1 aliphatic heterocycles. The van der Waals surface area contributed by atoms with Gasteiger partial charge in [0.05, 0.1) is 6.04 Å². The molecule has 1 fully saturated rings. The number of nitrogens with one attached hydrogen (secondary N) is 1. The summed E-state index contributed by atoms with van der Waals surface area (Å²) < 4.78 is 37.6. The third kappa shape index (κ3) is 5.67. The van der Waals surface area contributed by atoms with E-state index in [0.717, 1.165) is 6.42 Å². The maximum atomic E-state index is 12.5. The van der Waals surface area contributed by atoms with Crippen LogP contribution in [0.3, 0.4) is 0 Å². The second-order valence-corrected chi connectivity index (χ2v) is 5.91. The lowest BCUT2D eigenvalue weighted by atomic mass is 9.94. The lowest BCUT2D eigenvalue weighted by molar-refractivity contribution is -0.212. The first-order valence-electron chi connectivity index (χ1n) is 8.03. The maximum absolute atomic E-state index is 12.5. The number of alkyl halides is 3. The lowest BCUT2D eigenvalue weighted by Gasteiger charge is -2.33. The lowest BCUT2D eigenvalue weighted by Crippen LogP contribution is -2.52. The number of hydrogen-bond donors (Lipinski definition) is 2. The minimum atomic E-state index is -4.76. The predicted molar refractivity (Wildman–Crippen MR) is 78.5 cm³/mol. The normalized spacial score (nSPS) is 19.3. The first-order valence-corrected chi connectivity index (χ1v) is 8.03. The molecule has 1 rings (SSSR count). The summed E-state index contributed by atoms with van der Waals surface area (Å²) in [4.78, 5) is 25.6. The van der Waals surface area contributed by atoms with E-state index in [4.69, 9.17) is 0 Å². The molecule has 2 atom stereocenters. The second kappa shape index (κ2) is 8.52. The first-order chi connectivity index (χ1) is 10.7. The summed E-state index contributed by atoms with van der Waals surface area (Å²) in [6, 6.07) is -1.35. The zero-order valence-electron chi connectivity index (χ0n) is 13.5. The van der Waals surface area contributed by atoms with Gasteiger partial charge >= 0.3 is 6.18 Å². The van der Waals surface area contributed by atoms with Crippen LogP contribution in [0.15, 0.2) is 0 Å². The molecule has 1 heterocycles. The fourth-order valence-electron chi connectivity index (χ4n) is 2.70. The molecule has 1 saturated heterocycles. The third-order valence-corrected chi connectivity index (χ3v) is 4.17. The van der Waals surface area contributed by atoms with Crippen LogP contribution in [0.25, 0.3) is 0 Å². The molecular weight excluding hydrogens is 313 g/mol. The molecule has 0 radical (unpaired) electrons. The van der Waals surface area contributed by atoms with Crippen molar-refractivity contribution in [2.24, 2.45) is 5.92 Å². The highest BCUT2D eigenvalue weighted by atomic mass is 19.4. The van der Waals surface area contributed by atoms with Crippen LogP contribution in [-0.2, 0) is 9.59 Å². The Bertz CT molecular complexity index is 407. The number of amides is 2. The molecule has 5 nitrogen and oxygen atoms in total. The Balaban J connectivity index is 2.51. The first kappa shape index (κ1) is 19.7. The van der Waals surface area contributed by atoms with Crippen LogP contribution < -0.4 is 5.32 Å². The van der Waals surface area contributed by atoms with Crippen molar-refractivity contribution in [2.75, 3.05) is 13.1 Å². The van der Waals surface area contributed by atoms with Gasteiger partial charge in [0.15, 0.2) is 6.10 Å². The molecule has 0 spiro atoms. The molecule has 0 bridgehead atoms. The van der Waals surface area contributed by atoms with Crippen molar-refractivity contribution >= 4 is 11.8 Å². The van der Waals surface area contributed by atoms with Gasteiger partial charge in [0.25, 0.3) is 0 Å². The molecule has 0 aliphatic carbocycles. The van der Waals surface area contributed by atoms with Crippen LogP contribution in [0.4, 0.5) is 13.2 Å². The van der Waals surface area contributed by atoms with Crippen molar-refractivity contribution in [3.8, 4) is 0 Å². The quantitative estimate of drug-likeness (QED) is 0.776. The number of aliphatic hydroxyl groups is 1. The number of hydrogen-bond acceptors (Lipinski definition) is 3. The largest absolute Gasteiger partial charge is 0.416 e. The summed E-state index contributed by atoms with van der Waals surface area (Å²) in [5.41, 5.74) is 0. The van der Waals surface area contributed by atoms with Crippen molar-refractivity contribution < 1.29 is 27.9 Å². The highest BCUT2D eigenvalue weighted by Crippen LogP contribution is 2.25. The van der Waals surface area contributed by atoms with E-state index < -0.39 is 30.1 Å². The second-order valence-electron chi connectivity index (χ2n) is 5.91. The fraction of sp³-hybridized carbons (Fsp3) is 0.867. The van der Waals surface area contributed by atoms with E-state index in [1.54, 1.807) is 4.90 Å². The van der Waals surface area contributed by atoms with Crippen LogP contribution in [0, 0.1) is 5.92 Å². The van der Waals surface area contributed by atoms with Gasteiger partial charge in [0, 0.05) is 25.4 Å². The summed E-state index contributed by atoms with van der Waals surface area (Å²) in [5.74, 6) is -0.858. The van der Waals surface area contributed by atoms with Crippen molar-refractivity contribution in [3.63, 3.8) is 0 Å². The predicted octanol–water partition coefficient (Wildman–Crippen LogP) is 1.84. The molecule has 134 valence electrons. The SMILES string of the molecule is CCCC(=O)N1CCC(C(=O)N[C@@H](CC)[C@@H](O)C(F)(F)F)CC1. The molecule has 0 saturated carbocycles. The van der Waals surface area contributed by atoms with Gasteiger partial charge in [-0.3, -0.25) is 9.59 Å². The molecule has 0 aromatic rings. The molecule has 0 aromatic heterocycles. The van der Waals surface area contributed by atoms with Crippen molar-refractivity contribution in [1.29, 1.82) is 0 Å². The zero-order chi connectivity index (χ0) is 17.6. The highest BCUT2D eigenvalue weighted by Gasteiger charge is 2.44. The smallest absolute Gasteiger partial charge is 0.382 e. The number of carbonyl (C=O) groups is 2. The molecule has 0 unspecified atom stereocenters. The topological polar surface area (TPSA) is 69.6 Å². The van der Waals surface area contributed by atoms with Gasteiger partial charge in [-0.2, -0.15) is 13.2 Å². The number of piperidine rings is 1. The Kier molecular flexibility index (Phi) is 7.31. The number of nitrogens with zero attached hydrogens (tertiary/aromatic N) is 1. The summed E-state index contributed by atoms with van der Waals surface area (Å²) in [7, 11) is 0. The number of halogens is 3. The Hall–Kier alpha value is -1.31. The Morgan fingerprint density at radius 2 is 1.83 bits per heavy atom. The van der Waals surface area contributed by atoms with E-state index in [1.165, 1.54) is 6.92 Å². The summed E-state index contributed by atoms with van der Waals surface area (Å²) in [6.45, 7) is 4.27. The van der Waals surface area contributed by atoms with E-state index in [-0.39, 0.29) is 12.3 Å². The van der Waals surface area contributed by atoms with Gasteiger partial charge in [0.1, 0.15) is 0 Å². The Labute approximate surface area is 134 Å². The number of aliphatic hydroxyl groups excluding tert-OH is 1. The standard InChI is InChI=1S/C15H25F3N2O3/c1-3-5-12(21)20-8-6-10(7-9-20)14(23)19-11(4-2)13(22)15(16,17)18/h10-11,13,22H,3-9H2,1-2H3,(H,19,23)/t11-,13+/m0/s1. The molecule has 2 amide bonds. The average Bonchev–Trinajstić information content (AvgIpc) is 2.51. The van der Waals surface area contributed by atoms with Gasteiger partial charge in [-0.05, 0) is 25.7 Å². The zero-order valence-corrected chi connectivity index (χ0v) is 13.5. The van der Waals surface area contributed by atoms with Crippen molar-refractivity contribution in [2.45, 2.75) is 64.3 Å². The van der Waals surface area contributed by atoms with Crippen LogP contribution in [-0.4, -0.2) is 53.2 Å². The molecule has 1 aliphatic rings. The van der Waals surface area contributed by atoms with Gasteiger partial charge in [0.2, 0.25) is 11.8 Å². The van der Waals surface area contributed by atoms with E-state index in [0.29, 0.717) is 32.4 Å². The molecule has 2 N–H and O–H groups in total. The monoisotopic (exact) mass is 338 g/mol. The van der Waals surface area contributed by atoms with Gasteiger partial charge < -0.3 is 15.3 Å². The summed E-state index contributed by atoms with van der Waals surface area (Å²) in [5, 5.41) is 11.6. The van der Waals surface area contributed by atoms with Crippen LogP contribution in [0.2, 0.25) is 0 Å². The van der Waals surface area contributed by atoms with Crippen LogP contribution in [0.5, 0.6) is 0 Å². The van der Waals surface area contributed by atoms with E-state index in [1.807, 2.05) is 6.92 Å². The molecule has 8 heteroatoms. The highest BCUT2D eigenvalue weighted by molar-refractivity contribution is 5.80. The minimum absolute atomic E-state index is 0.0136. The van der Waals surface area contributed by atoms with Crippen LogP contribution >= 0.6 is 0 Å². The van der Waals surface area contributed by atoms with E-state index in [2.05, 4.69) is 5.32 Å². The molecule has 0 aromatic carbocycles. The van der Waals surface area contributed by atoms with Crippen molar-refractivity contribution in [1.82, 2.24) is 10.2 Å². The average molecular weight is 338 g/mol. The van der Waals surface area contributed by atoms with Gasteiger partial charge in [-0.25, -0.2) is 0 Å². The number of carbonyl (C=O) groups excluding carboxylic acids is 2. The van der Waals surface area contributed by atoms with Crippen LogP contribution in [0.1, 0.15) is 46.0 Å². The Morgan fingerprint density at radius 3 is 2.26 bits per heavy atom. The molecular formula is C15H25F3N2O3. The maximum Gasteiger partial charge on any atom is 0.416 e. The molecule has 23 heavy (non-hydrogen) atoms. The van der Waals surface area contributed by atoms with E-state index in [9.17, 15) is 27.9 Å². The van der Waals surface area contributed by atoms with Gasteiger partial charge in [-0.15, -0.1) is 0 Å². The van der Waals surface area contributed by atoms with Gasteiger partial charge in [-0.1, -0.05) is 13.8 Å². The fourth-order valence-corrected chi connectivity index (χ4v) is 2.70. The number of rotatable bonds is 6. The summed E-state index contributed by atoms with van der Waals surface area (Å²) >= 11 is 0. The van der Waals surface area contributed by atoms with Crippen molar-refractivity contribution in [3.05, 3.63) is 0 Å². The Morgan fingerprint density at radius 1 is 1.26 bits per heavy atom. The minimum Gasteiger partial charge on any atom is -0.382 e.